The lowest BCUT2D eigenvalue weighted by atomic mass is 9.85. The standard InChI is InChI=1S/C28H24N2OS/c1-28(2,3)20-16-22(18-9-8-10-19(15-18)23-12-6-7-14-29-23)26-25(17-20)32-27(30-26)21-11-4-5-13-24(21)31/h4-17,31H,1-3H3. The predicted molar refractivity (Wildman–Crippen MR) is 134 cm³/mol. The van der Waals surface area contributed by atoms with Crippen LogP contribution in [-0.4, -0.2) is 15.1 Å². The van der Waals surface area contributed by atoms with E-state index in [2.05, 4.69) is 62.2 Å². The molecule has 3 nitrogen and oxygen atoms in total. The van der Waals surface area contributed by atoms with E-state index in [-0.39, 0.29) is 11.2 Å². The summed E-state index contributed by atoms with van der Waals surface area (Å²) in [5.74, 6) is 0.251. The number of aromatic nitrogens is 2. The highest BCUT2D eigenvalue weighted by atomic mass is 32.1. The molecule has 3 aromatic carbocycles. The smallest absolute Gasteiger partial charge is 0.128 e. The summed E-state index contributed by atoms with van der Waals surface area (Å²) in [6.07, 6.45) is 1.82. The molecule has 0 amide bonds. The van der Waals surface area contributed by atoms with Crippen molar-refractivity contribution >= 4 is 21.6 Å². The van der Waals surface area contributed by atoms with Gasteiger partial charge in [-0.15, -0.1) is 11.3 Å². The van der Waals surface area contributed by atoms with Crippen LogP contribution in [0.1, 0.15) is 26.3 Å². The summed E-state index contributed by atoms with van der Waals surface area (Å²) in [5.41, 5.74) is 7.22. The lowest BCUT2D eigenvalue weighted by Crippen LogP contribution is -2.11. The second-order valence-electron chi connectivity index (χ2n) is 8.95. The van der Waals surface area contributed by atoms with Crippen molar-refractivity contribution < 1.29 is 5.11 Å². The summed E-state index contributed by atoms with van der Waals surface area (Å²) in [6, 6.07) is 26.3. The van der Waals surface area contributed by atoms with Crippen molar-refractivity contribution in [1.82, 2.24) is 9.97 Å². The van der Waals surface area contributed by atoms with Gasteiger partial charge in [0.2, 0.25) is 0 Å². The molecule has 0 saturated heterocycles. The average Bonchev–Trinajstić information content (AvgIpc) is 3.23. The Labute approximate surface area is 192 Å². The summed E-state index contributed by atoms with van der Waals surface area (Å²) in [6.45, 7) is 6.69. The molecule has 32 heavy (non-hydrogen) atoms. The number of thiazole rings is 1. The fourth-order valence-electron chi connectivity index (χ4n) is 3.83. The topological polar surface area (TPSA) is 46.0 Å². The van der Waals surface area contributed by atoms with Crippen molar-refractivity contribution in [2.24, 2.45) is 0 Å². The number of phenolic OH excluding ortho intramolecular Hbond substituents is 1. The van der Waals surface area contributed by atoms with E-state index >= 15 is 0 Å². The number of hydrogen-bond acceptors (Lipinski definition) is 4. The SMILES string of the molecule is CC(C)(C)c1cc(-c2cccc(-c3ccccn3)c2)c2nc(-c3ccccc3O)sc2c1. The Morgan fingerprint density at radius 3 is 2.31 bits per heavy atom. The summed E-state index contributed by atoms with van der Waals surface area (Å²) in [5, 5.41) is 11.2. The van der Waals surface area contributed by atoms with Crippen LogP contribution in [0.2, 0.25) is 0 Å². The van der Waals surface area contributed by atoms with E-state index in [1.807, 2.05) is 42.6 Å². The van der Waals surface area contributed by atoms with Gasteiger partial charge in [-0.05, 0) is 59.0 Å². The fraction of sp³-hybridized carbons (Fsp3) is 0.143. The predicted octanol–water partition coefficient (Wildman–Crippen LogP) is 7.70. The van der Waals surface area contributed by atoms with Gasteiger partial charge in [-0.25, -0.2) is 4.98 Å². The van der Waals surface area contributed by atoms with Crippen LogP contribution in [0.25, 0.3) is 43.2 Å². The minimum Gasteiger partial charge on any atom is -0.507 e. The molecule has 0 fully saturated rings. The molecule has 0 bridgehead atoms. The molecule has 2 aromatic heterocycles. The first-order chi connectivity index (χ1) is 15.4. The van der Waals surface area contributed by atoms with Gasteiger partial charge in [-0.2, -0.15) is 0 Å². The van der Waals surface area contributed by atoms with Gasteiger partial charge in [0.25, 0.3) is 0 Å². The minimum atomic E-state index is 0.000571. The van der Waals surface area contributed by atoms with Crippen molar-refractivity contribution in [2.45, 2.75) is 26.2 Å². The van der Waals surface area contributed by atoms with Gasteiger partial charge < -0.3 is 5.11 Å². The minimum absolute atomic E-state index is 0.000571. The first-order valence-electron chi connectivity index (χ1n) is 10.7. The molecule has 5 rings (SSSR count). The molecule has 5 aromatic rings. The molecule has 0 spiro atoms. The van der Waals surface area contributed by atoms with Crippen LogP contribution in [0, 0.1) is 0 Å². The summed E-state index contributed by atoms with van der Waals surface area (Å²) in [7, 11) is 0. The molecule has 0 unspecified atom stereocenters. The zero-order valence-corrected chi connectivity index (χ0v) is 19.1. The highest BCUT2D eigenvalue weighted by Gasteiger charge is 2.20. The van der Waals surface area contributed by atoms with Crippen LogP contribution in [0.15, 0.2) is 85.1 Å². The number of nitrogens with zero attached hydrogens (tertiary/aromatic N) is 2. The van der Waals surface area contributed by atoms with E-state index in [1.54, 1.807) is 17.4 Å². The Kier molecular flexibility index (Phi) is 5.03. The van der Waals surface area contributed by atoms with E-state index < -0.39 is 0 Å². The van der Waals surface area contributed by atoms with Crippen LogP contribution in [0.5, 0.6) is 5.75 Å². The zero-order chi connectivity index (χ0) is 22.3. The molecule has 0 radical (unpaired) electrons. The van der Waals surface area contributed by atoms with Crippen molar-refractivity contribution in [1.29, 1.82) is 0 Å². The second kappa shape index (κ2) is 7.88. The Bertz CT molecular complexity index is 1410. The summed E-state index contributed by atoms with van der Waals surface area (Å²) in [4.78, 5) is 9.50. The highest BCUT2D eigenvalue weighted by molar-refractivity contribution is 7.21. The van der Waals surface area contributed by atoms with Gasteiger partial charge in [-0.3, -0.25) is 4.98 Å². The molecule has 2 heterocycles. The van der Waals surface area contributed by atoms with E-state index in [0.29, 0.717) is 0 Å². The molecule has 0 atom stereocenters. The Morgan fingerprint density at radius 2 is 1.56 bits per heavy atom. The fourth-order valence-corrected chi connectivity index (χ4v) is 4.90. The molecule has 0 aliphatic carbocycles. The van der Waals surface area contributed by atoms with Crippen LogP contribution in [-0.2, 0) is 5.41 Å². The van der Waals surface area contributed by atoms with E-state index in [1.165, 1.54) is 5.56 Å². The Hall–Kier alpha value is -3.50. The monoisotopic (exact) mass is 436 g/mol. The molecule has 0 aliphatic rings. The highest BCUT2D eigenvalue weighted by Crippen LogP contribution is 2.41. The van der Waals surface area contributed by atoms with Crippen LogP contribution >= 0.6 is 11.3 Å². The van der Waals surface area contributed by atoms with Gasteiger partial charge in [-0.1, -0.05) is 57.2 Å². The maximum atomic E-state index is 10.4. The maximum Gasteiger partial charge on any atom is 0.128 e. The zero-order valence-electron chi connectivity index (χ0n) is 18.3. The number of benzene rings is 3. The molecule has 4 heteroatoms. The normalized spacial score (nSPS) is 11.7. The number of phenols is 1. The van der Waals surface area contributed by atoms with Crippen LogP contribution in [0.3, 0.4) is 0 Å². The molecule has 0 saturated carbocycles. The number of fused-ring (bicyclic) bond motifs is 1. The lowest BCUT2D eigenvalue weighted by Gasteiger charge is -2.20. The van der Waals surface area contributed by atoms with Gasteiger partial charge >= 0.3 is 0 Å². The van der Waals surface area contributed by atoms with Crippen LogP contribution in [0.4, 0.5) is 0 Å². The molecular formula is C28H24N2OS. The van der Waals surface area contributed by atoms with Gasteiger partial charge in [0.1, 0.15) is 10.8 Å². The first-order valence-corrected chi connectivity index (χ1v) is 11.5. The molecule has 0 aliphatic heterocycles. The number of para-hydroxylation sites is 1. The number of pyridine rings is 1. The maximum absolute atomic E-state index is 10.4. The third kappa shape index (κ3) is 3.78. The largest absolute Gasteiger partial charge is 0.507 e. The Morgan fingerprint density at radius 1 is 0.781 bits per heavy atom. The quantitative estimate of drug-likeness (QED) is 0.315. The molecular weight excluding hydrogens is 412 g/mol. The van der Waals surface area contributed by atoms with E-state index in [0.717, 1.165) is 43.2 Å². The molecule has 1 N–H and O–H groups in total. The van der Waals surface area contributed by atoms with E-state index in [4.69, 9.17) is 4.98 Å². The third-order valence-electron chi connectivity index (χ3n) is 5.63. The van der Waals surface area contributed by atoms with Crippen molar-refractivity contribution in [3.8, 4) is 38.7 Å². The van der Waals surface area contributed by atoms with Gasteiger partial charge in [0.15, 0.2) is 0 Å². The van der Waals surface area contributed by atoms with Crippen molar-refractivity contribution in [3.05, 3.63) is 90.6 Å². The molecule has 158 valence electrons. The number of aromatic hydroxyl groups is 1. The number of rotatable bonds is 3. The number of hydrogen-bond donors (Lipinski definition) is 1. The Balaban J connectivity index is 1.74. The summed E-state index contributed by atoms with van der Waals surface area (Å²) >= 11 is 1.62. The average molecular weight is 437 g/mol. The van der Waals surface area contributed by atoms with Gasteiger partial charge in [0, 0.05) is 17.3 Å². The second-order valence-corrected chi connectivity index (χ2v) is 9.98. The third-order valence-corrected chi connectivity index (χ3v) is 6.67. The van der Waals surface area contributed by atoms with Crippen LogP contribution < -0.4 is 0 Å². The first kappa shape index (κ1) is 20.4. The van der Waals surface area contributed by atoms with Crippen molar-refractivity contribution in [2.75, 3.05) is 0 Å². The van der Waals surface area contributed by atoms with Gasteiger partial charge in [0.05, 0.1) is 21.5 Å². The van der Waals surface area contributed by atoms with E-state index in [9.17, 15) is 5.11 Å². The van der Waals surface area contributed by atoms with Crippen molar-refractivity contribution in [3.63, 3.8) is 0 Å². The summed E-state index contributed by atoms with van der Waals surface area (Å²) < 4.78 is 1.12. The lowest BCUT2D eigenvalue weighted by molar-refractivity contribution is 0.477.